The highest BCUT2D eigenvalue weighted by atomic mass is 16.5. The summed E-state index contributed by atoms with van der Waals surface area (Å²) in [5.74, 6) is 1.36. The number of rotatable bonds is 7. The van der Waals surface area contributed by atoms with E-state index < -0.39 is 0 Å². The Morgan fingerprint density at radius 2 is 1.85 bits per heavy atom. The zero-order valence-corrected chi connectivity index (χ0v) is 15.8. The van der Waals surface area contributed by atoms with Crippen molar-refractivity contribution in [3.63, 3.8) is 0 Å². The van der Waals surface area contributed by atoms with Crippen molar-refractivity contribution >= 4 is 5.91 Å². The summed E-state index contributed by atoms with van der Waals surface area (Å²) in [5, 5.41) is 4.03. The smallest absolute Gasteiger partial charge is 0.258 e. The molecular formula is C21H23N3O3. The molecular weight excluding hydrogens is 342 g/mol. The second-order valence-corrected chi connectivity index (χ2v) is 6.13. The van der Waals surface area contributed by atoms with Crippen LogP contribution in [0, 0.1) is 6.92 Å². The molecule has 6 nitrogen and oxygen atoms in total. The number of carbonyl (C=O) groups is 1. The van der Waals surface area contributed by atoms with Gasteiger partial charge in [-0.05, 0) is 32.9 Å². The molecule has 6 heteroatoms. The van der Waals surface area contributed by atoms with E-state index in [4.69, 9.17) is 9.26 Å². The number of para-hydroxylation sites is 1. The van der Waals surface area contributed by atoms with E-state index in [0.29, 0.717) is 36.2 Å². The normalized spacial score (nSPS) is 10.6. The maximum atomic E-state index is 12.9. The van der Waals surface area contributed by atoms with Crippen molar-refractivity contribution in [2.24, 2.45) is 0 Å². The van der Waals surface area contributed by atoms with E-state index in [1.807, 2.05) is 57.2 Å². The number of hydrogen-bond acceptors (Lipinski definition) is 5. The SMILES string of the molecule is CCOc1ccccc1C(=O)N(CC)Cc1nc(-c2ccc(C)cc2)no1. The van der Waals surface area contributed by atoms with Crippen LogP contribution in [0.5, 0.6) is 5.75 Å². The molecule has 3 rings (SSSR count). The molecule has 0 saturated carbocycles. The van der Waals surface area contributed by atoms with Crippen molar-refractivity contribution in [2.75, 3.05) is 13.2 Å². The van der Waals surface area contributed by atoms with Crippen LogP contribution in [0.4, 0.5) is 0 Å². The topological polar surface area (TPSA) is 68.5 Å². The maximum Gasteiger partial charge on any atom is 0.258 e. The van der Waals surface area contributed by atoms with E-state index in [1.54, 1.807) is 17.0 Å². The Bertz CT molecular complexity index is 903. The highest BCUT2D eigenvalue weighted by Crippen LogP contribution is 2.22. The lowest BCUT2D eigenvalue weighted by atomic mass is 10.1. The largest absolute Gasteiger partial charge is 0.493 e. The van der Waals surface area contributed by atoms with E-state index in [-0.39, 0.29) is 12.5 Å². The van der Waals surface area contributed by atoms with Crippen LogP contribution in [0.15, 0.2) is 53.1 Å². The number of aryl methyl sites for hydroxylation is 1. The molecule has 27 heavy (non-hydrogen) atoms. The molecule has 0 aliphatic carbocycles. The predicted octanol–water partition coefficient (Wildman–Crippen LogP) is 4.11. The van der Waals surface area contributed by atoms with E-state index in [9.17, 15) is 4.79 Å². The number of hydrogen-bond donors (Lipinski definition) is 0. The average Bonchev–Trinajstić information content (AvgIpc) is 3.15. The zero-order valence-electron chi connectivity index (χ0n) is 15.8. The van der Waals surface area contributed by atoms with E-state index in [1.165, 1.54) is 0 Å². The summed E-state index contributed by atoms with van der Waals surface area (Å²) in [6.07, 6.45) is 0. The Balaban J connectivity index is 1.77. The maximum absolute atomic E-state index is 12.9. The Kier molecular flexibility index (Phi) is 5.86. The third-order valence-electron chi connectivity index (χ3n) is 4.19. The van der Waals surface area contributed by atoms with Crippen molar-refractivity contribution in [3.8, 4) is 17.1 Å². The Morgan fingerprint density at radius 1 is 1.11 bits per heavy atom. The standard InChI is InChI=1S/C21H23N3O3/c1-4-24(21(25)17-8-6-7-9-18(17)26-5-2)14-19-22-20(23-27-19)16-12-10-15(3)11-13-16/h6-13H,4-5,14H2,1-3H3. The van der Waals surface area contributed by atoms with Gasteiger partial charge in [0.15, 0.2) is 0 Å². The molecule has 0 aliphatic heterocycles. The highest BCUT2D eigenvalue weighted by Gasteiger charge is 2.21. The second kappa shape index (κ2) is 8.49. The van der Waals surface area contributed by atoms with Gasteiger partial charge in [0.1, 0.15) is 12.3 Å². The molecule has 0 unspecified atom stereocenters. The third kappa shape index (κ3) is 4.34. The summed E-state index contributed by atoms with van der Waals surface area (Å²) in [4.78, 5) is 19.0. The van der Waals surface area contributed by atoms with Crippen LogP contribution < -0.4 is 4.74 Å². The molecule has 0 saturated heterocycles. The molecule has 3 aromatic rings. The van der Waals surface area contributed by atoms with Gasteiger partial charge in [0.25, 0.3) is 5.91 Å². The highest BCUT2D eigenvalue weighted by molar-refractivity contribution is 5.96. The van der Waals surface area contributed by atoms with Gasteiger partial charge in [0, 0.05) is 12.1 Å². The number of amides is 1. The zero-order chi connectivity index (χ0) is 19.2. The van der Waals surface area contributed by atoms with Gasteiger partial charge in [0.2, 0.25) is 11.7 Å². The van der Waals surface area contributed by atoms with Gasteiger partial charge in [-0.25, -0.2) is 0 Å². The first kappa shape index (κ1) is 18.6. The van der Waals surface area contributed by atoms with Crippen LogP contribution >= 0.6 is 0 Å². The first-order chi connectivity index (χ1) is 13.1. The van der Waals surface area contributed by atoms with Crippen LogP contribution in [0.1, 0.15) is 35.7 Å². The van der Waals surface area contributed by atoms with Gasteiger partial charge in [0.05, 0.1) is 12.2 Å². The quantitative estimate of drug-likeness (QED) is 0.630. The average molecular weight is 365 g/mol. The molecule has 0 fully saturated rings. The Hall–Kier alpha value is -3.15. The number of ether oxygens (including phenoxy) is 1. The molecule has 1 aromatic heterocycles. The monoisotopic (exact) mass is 365 g/mol. The second-order valence-electron chi connectivity index (χ2n) is 6.13. The fourth-order valence-corrected chi connectivity index (χ4v) is 2.72. The molecule has 2 aromatic carbocycles. The summed E-state index contributed by atoms with van der Waals surface area (Å²) in [6.45, 7) is 7.09. The third-order valence-corrected chi connectivity index (χ3v) is 4.19. The summed E-state index contributed by atoms with van der Waals surface area (Å²) in [6, 6.07) is 15.1. The summed E-state index contributed by atoms with van der Waals surface area (Å²) < 4.78 is 10.9. The van der Waals surface area contributed by atoms with Crippen LogP contribution in [0.2, 0.25) is 0 Å². The fourth-order valence-electron chi connectivity index (χ4n) is 2.72. The molecule has 1 heterocycles. The van der Waals surface area contributed by atoms with Crippen LogP contribution in [0.3, 0.4) is 0 Å². The fraction of sp³-hybridized carbons (Fsp3) is 0.286. The lowest BCUT2D eigenvalue weighted by Crippen LogP contribution is -2.30. The summed E-state index contributed by atoms with van der Waals surface area (Å²) in [7, 11) is 0. The molecule has 0 aliphatic rings. The summed E-state index contributed by atoms with van der Waals surface area (Å²) in [5.41, 5.74) is 2.57. The van der Waals surface area contributed by atoms with Crippen LogP contribution in [0.25, 0.3) is 11.4 Å². The van der Waals surface area contributed by atoms with Crippen molar-refractivity contribution in [2.45, 2.75) is 27.3 Å². The Labute approximate surface area is 158 Å². The Morgan fingerprint density at radius 3 is 2.56 bits per heavy atom. The van der Waals surface area contributed by atoms with Crippen molar-refractivity contribution in [1.82, 2.24) is 15.0 Å². The number of benzene rings is 2. The van der Waals surface area contributed by atoms with Gasteiger partial charge >= 0.3 is 0 Å². The van der Waals surface area contributed by atoms with Gasteiger partial charge in [-0.1, -0.05) is 47.1 Å². The molecule has 0 bridgehead atoms. The van der Waals surface area contributed by atoms with E-state index >= 15 is 0 Å². The lowest BCUT2D eigenvalue weighted by Gasteiger charge is -2.20. The van der Waals surface area contributed by atoms with Crippen molar-refractivity contribution in [3.05, 3.63) is 65.5 Å². The van der Waals surface area contributed by atoms with Crippen LogP contribution in [-0.2, 0) is 6.54 Å². The minimum atomic E-state index is -0.128. The van der Waals surface area contributed by atoms with Gasteiger partial charge < -0.3 is 14.2 Å². The van der Waals surface area contributed by atoms with Gasteiger partial charge in [-0.3, -0.25) is 4.79 Å². The molecule has 0 atom stereocenters. The number of nitrogens with zero attached hydrogens (tertiary/aromatic N) is 3. The van der Waals surface area contributed by atoms with Crippen molar-refractivity contribution in [1.29, 1.82) is 0 Å². The molecule has 140 valence electrons. The lowest BCUT2D eigenvalue weighted by molar-refractivity contribution is 0.0730. The number of carbonyl (C=O) groups excluding carboxylic acids is 1. The molecule has 0 spiro atoms. The van der Waals surface area contributed by atoms with Gasteiger partial charge in [-0.15, -0.1) is 0 Å². The van der Waals surface area contributed by atoms with Gasteiger partial charge in [-0.2, -0.15) is 4.98 Å². The first-order valence-electron chi connectivity index (χ1n) is 9.03. The van der Waals surface area contributed by atoms with Crippen molar-refractivity contribution < 1.29 is 14.1 Å². The first-order valence-corrected chi connectivity index (χ1v) is 9.03. The van der Waals surface area contributed by atoms with E-state index in [0.717, 1.165) is 11.1 Å². The molecule has 0 N–H and O–H groups in total. The minimum absolute atomic E-state index is 0.128. The molecule has 0 radical (unpaired) electrons. The molecule has 1 amide bonds. The van der Waals surface area contributed by atoms with E-state index in [2.05, 4.69) is 10.1 Å². The number of aromatic nitrogens is 2. The van der Waals surface area contributed by atoms with Crippen LogP contribution in [-0.4, -0.2) is 34.1 Å². The predicted molar refractivity (Wildman–Crippen MR) is 102 cm³/mol. The minimum Gasteiger partial charge on any atom is -0.493 e. The summed E-state index contributed by atoms with van der Waals surface area (Å²) >= 11 is 0.